The lowest BCUT2D eigenvalue weighted by Gasteiger charge is -2.14. The van der Waals surface area contributed by atoms with Gasteiger partial charge in [-0.1, -0.05) is 23.2 Å². The maximum absolute atomic E-state index is 13.4. The Bertz CT molecular complexity index is 763. The average Bonchev–Trinajstić information content (AvgIpc) is 2.46. The summed E-state index contributed by atoms with van der Waals surface area (Å²) in [7, 11) is 1.05. The number of ketones is 1. The molecule has 120 valence electrons. The third-order valence-corrected chi connectivity index (χ3v) is 3.45. The van der Waals surface area contributed by atoms with Gasteiger partial charge < -0.3 is 4.74 Å². The van der Waals surface area contributed by atoms with Gasteiger partial charge in [-0.15, -0.1) is 0 Å². The van der Waals surface area contributed by atoms with E-state index in [4.69, 9.17) is 23.2 Å². The molecule has 0 bridgehead atoms. The first-order chi connectivity index (χ1) is 10.8. The van der Waals surface area contributed by atoms with E-state index in [2.05, 4.69) is 9.72 Å². The molecule has 0 aliphatic carbocycles. The molecule has 0 saturated heterocycles. The summed E-state index contributed by atoms with van der Waals surface area (Å²) in [6.45, 7) is 0. The van der Waals surface area contributed by atoms with Crippen LogP contribution >= 0.6 is 23.2 Å². The molecule has 1 atom stereocenters. The molecule has 0 aliphatic rings. The minimum Gasteiger partial charge on any atom is -0.468 e. The Balaban J connectivity index is 2.54. The predicted octanol–water partition coefficient (Wildman–Crippen LogP) is 3.81. The van der Waals surface area contributed by atoms with Gasteiger partial charge in [0.15, 0.2) is 0 Å². The Morgan fingerprint density at radius 3 is 2.26 bits per heavy atom. The zero-order valence-corrected chi connectivity index (χ0v) is 13.2. The van der Waals surface area contributed by atoms with Crippen LogP contribution < -0.4 is 0 Å². The molecule has 1 unspecified atom stereocenters. The van der Waals surface area contributed by atoms with E-state index in [1.807, 2.05) is 0 Å². The van der Waals surface area contributed by atoms with Crippen LogP contribution in [0.15, 0.2) is 30.5 Å². The van der Waals surface area contributed by atoms with E-state index in [1.165, 1.54) is 12.3 Å². The summed E-state index contributed by atoms with van der Waals surface area (Å²) >= 11 is 11.6. The fourth-order valence-corrected chi connectivity index (χ4v) is 2.46. The highest BCUT2D eigenvalue weighted by molar-refractivity contribution is 6.37. The molecule has 2 rings (SSSR count). The molecule has 8 heteroatoms. The number of halogens is 4. The first-order valence-electron chi connectivity index (χ1n) is 6.22. The standard InChI is InChI=1S/C15H9Cl2F2NO3/c1-23-15(22)12(7-2-9(18)5-10(19)3-7)14(21)13-11(17)4-8(16)6-20-13/h2-6,12H,1H3. The lowest BCUT2D eigenvalue weighted by molar-refractivity contribution is -0.141. The smallest absolute Gasteiger partial charge is 0.321 e. The van der Waals surface area contributed by atoms with Crippen LogP contribution in [0.2, 0.25) is 10.0 Å². The van der Waals surface area contributed by atoms with Crippen LogP contribution in [0.1, 0.15) is 22.0 Å². The third kappa shape index (κ3) is 3.83. The van der Waals surface area contributed by atoms with Crippen molar-refractivity contribution in [2.24, 2.45) is 0 Å². The van der Waals surface area contributed by atoms with E-state index in [0.29, 0.717) is 6.07 Å². The second-order valence-corrected chi connectivity index (χ2v) is 5.35. The first kappa shape index (κ1) is 17.3. The van der Waals surface area contributed by atoms with Crippen molar-refractivity contribution >= 4 is 35.0 Å². The number of aromatic nitrogens is 1. The van der Waals surface area contributed by atoms with Crippen LogP contribution in [0.5, 0.6) is 0 Å². The molecular weight excluding hydrogens is 351 g/mol. The van der Waals surface area contributed by atoms with E-state index in [1.54, 1.807) is 0 Å². The SMILES string of the molecule is COC(=O)C(C(=O)c1ncc(Cl)cc1Cl)c1cc(F)cc(F)c1. The normalized spacial score (nSPS) is 11.9. The van der Waals surface area contributed by atoms with Gasteiger partial charge in [0.2, 0.25) is 5.78 Å². The molecule has 23 heavy (non-hydrogen) atoms. The van der Waals surface area contributed by atoms with Crippen LogP contribution in [0.4, 0.5) is 8.78 Å². The molecule has 0 fully saturated rings. The van der Waals surface area contributed by atoms with Gasteiger partial charge in [0.05, 0.1) is 17.2 Å². The third-order valence-electron chi connectivity index (χ3n) is 2.96. The second kappa shape index (κ2) is 7.02. The minimum atomic E-state index is -1.60. The molecule has 1 aromatic heterocycles. The van der Waals surface area contributed by atoms with Crippen LogP contribution in [-0.2, 0) is 9.53 Å². The van der Waals surface area contributed by atoms with Gasteiger partial charge in [-0.05, 0) is 23.8 Å². The van der Waals surface area contributed by atoms with Gasteiger partial charge in [0.1, 0.15) is 23.2 Å². The lowest BCUT2D eigenvalue weighted by atomic mass is 9.92. The molecule has 0 N–H and O–H groups in total. The largest absolute Gasteiger partial charge is 0.468 e. The van der Waals surface area contributed by atoms with Crippen molar-refractivity contribution in [1.29, 1.82) is 0 Å². The van der Waals surface area contributed by atoms with Gasteiger partial charge in [-0.3, -0.25) is 9.59 Å². The number of hydrogen-bond acceptors (Lipinski definition) is 4. The number of rotatable bonds is 4. The molecule has 0 saturated carbocycles. The topological polar surface area (TPSA) is 56.3 Å². The van der Waals surface area contributed by atoms with E-state index in [9.17, 15) is 18.4 Å². The summed E-state index contributed by atoms with van der Waals surface area (Å²) < 4.78 is 31.3. The summed E-state index contributed by atoms with van der Waals surface area (Å²) in [5, 5.41) is 0.103. The summed E-state index contributed by atoms with van der Waals surface area (Å²) in [4.78, 5) is 28.3. The first-order valence-corrected chi connectivity index (χ1v) is 6.98. The Morgan fingerprint density at radius 1 is 1.13 bits per heavy atom. The number of carbonyl (C=O) groups excluding carboxylic acids is 2. The lowest BCUT2D eigenvalue weighted by Crippen LogP contribution is -2.25. The Labute approximate surface area is 140 Å². The Hall–Kier alpha value is -2.05. The number of nitrogens with zero attached hydrogens (tertiary/aromatic N) is 1. The number of ether oxygens (including phenoxy) is 1. The number of carbonyl (C=O) groups is 2. The summed E-state index contributed by atoms with van der Waals surface area (Å²) in [6.07, 6.45) is 1.17. The van der Waals surface area contributed by atoms with Gasteiger partial charge in [0.25, 0.3) is 0 Å². The maximum atomic E-state index is 13.4. The summed E-state index contributed by atoms with van der Waals surface area (Å²) in [5.74, 6) is -5.32. The number of methoxy groups -OCH3 is 1. The van der Waals surface area contributed by atoms with Crippen molar-refractivity contribution < 1.29 is 23.1 Å². The molecule has 1 heterocycles. The molecule has 0 aliphatic heterocycles. The van der Waals surface area contributed by atoms with Crippen LogP contribution in [0.25, 0.3) is 0 Å². The quantitative estimate of drug-likeness (QED) is 0.473. The van der Waals surface area contributed by atoms with E-state index in [0.717, 1.165) is 19.2 Å². The second-order valence-electron chi connectivity index (χ2n) is 4.51. The van der Waals surface area contributed by atoms with E-state index >= 15 is 0 Å². The number of benzene rings is 1. The molecule has 4 nitrogen and oxygen atoms in total. The number of pyridine rings is 1. The van der Waals surface area contributed by atoms with Gasteiger partial charge in [-0.2, -0.15) is 0 Å². The highest BCUT2D eigenvalue weighted by Gasteiger charge is 2.33. The molecule has 0 amide bonds. The summed E-state index contributed by atoms with van der Waals surface area (Å²) in [5.41, 5.74) is -0.455. The van der Waals surface area contributed by atoms with Crippen molar-refractivity contribution in [3.8, 4) is 0 Å². The number of esters is 1. The van der Waals surface area contributed by atoms with Crippen molar-refractivity contribution in [3.05, 3.63) is 63.4 Å². The fourth-order valence-electron chi connectivity index (χ4n) is 1.99. The zero-order valence-electron chi connectivity index (χ0n) is 11.6. The van der Waals surface area contributed by atoms with Gasteiger partial charge in [-0.25, -0.2) is 13.8 Å². The van der Waals surface area contributed by atoms with Crippen LogP contribution in [0, 0.1) is 11.6 Å². The molecule has 2 aromatic rings. The highest BCUT2D eigenvalue weighted by atomic mass is 35.5. The molecular formula is C15H9Cl2F2NO3. The van der Waals surface area contributed by atoms with Crippen molar-refractivity contribution in [3.63, 3.8) is 0 Å². The fraction of sp³-hybridized carbons (Fsp3) is 0.133. The molecule has 0 spiro atoms. The highest BCUT2D eigenvalue weighted by Crippen LogP contribution is 2.27. The predicted molar refractivity (Wildman–Crippen MR) is 79.7 cm³/mol. The Kier molecular flexibility index (Phi) is 5.28. The van der Waals surface area contributed by atoms with Crippen molar-refractivity contribution in [2.75, 3.05) is 7.11 Å². The molecule has 1 aromatic carbocycles. The monoisotopic (exact) mass is 359 g/mol. The van der Waals surface area contributed by atoms with Crippen LogP contribution in [0.3, 0.4) is 0 Å². The Morgan fingerprint density at radius 2 is 1.74 bits per heavy atom. The van der Waals surface area contributed by atoms with Crippen LogP contribution in [-0.4, -0.2) is 23.8 Å². The van der Waals surface area contributed by atoms with E-state index < -0.39 is 29.3 Å². The zero-order chi connectivity index (χ0) is 17.1. The molecule has 0 radical (unpaired) electrons. The van der Waals surface area contributed by atoms with Gasteiger partial charge in [0, 0.05) is 12.3 Å². The maximum Gasteiger partial charge on any atom is 0.321 e. The summed E-state index contributed by atoms with van der Waals surface area (Å²) in [6, 6.07) is 3.62. The number of Topliss-reactive ketones (excluding diaryl/α,β-unsaturated/α-hetero) is 1. The number of hydrogen-bond donors (Lipinski definition) is 0. The minimum absolute atomic E-state index is 0.0896. The van der Waals surface area contributed by atoms with Crippen molar-refractivity contribution in [2.45, 2.75) is 5.92 Å². The average molecular weight is 360 g/mol. The van der Waals surface area contributed by atoms with Gasteiger partial charge >= 0.3 is 5.97 Å². The van der Waals surface area contributed by atoms with E-state index in [-0.39, 0.29) is 21.3 Å². The van der Waals surface area contributed by atoms with Crippen molar-refractivity contribution in [1.82, 2.24) is 4.98 Å².